The monoisotopic (exact) mass is 504 g/mol. The van der Waals surface area contributed by atoms with Gasteiger partial charge in [-0.15, -0.1) is 24.8 Å². The van der Waals surface area contributed by atoms with Gasteiger partial charge in [-0.25, -0.2) is 9.59 Å². The summed E-state index contributed by atoms with van der Waals surface area (Å²) < 4.78 is 26.2. The Bertz CT molecular complexity index is 772. The van der Waals surface area contributed by atoms with Crippen LogP contribution in [0.25, 0.3) is 0 Å². The molecule has 0 aromatic heterocycles. The number of esters is 2. The first-order chi connectivity index (χ1) is 15.1. The Labute approximate surface area is 205 Å². The van der Waals surface area contributed by atoms with Crippen molar-refractivity contribution in [2.24, 2.45) is 0 Å². The van der Waals surface area contributed by atoms with Gasteiger partial charge in [0.2, 0.25) is 0 Å². The molecule has 2 aromatic rings. The average molecular weight is 505 g/mol. The van der Waals surface area contributed by atoms with Crippen LogP contribution in [0.5, 0.6) is 0 Å². The fourth-order valence-corrected chi connectivity index (χ4v) is 2.43. The highest BCUT2D eigenvalue weighted by molar-refractivity contribution is 5.90. The molecule has 0 aliphatic heterocycles. The van der Waals surface area contributed by atoms with Gasteiger partial charge in [-0.2, -0.15) is 0 Å². The van der Waals surface area contributed by atoms with E-state index in [0.29, 0.717) is 48.9 Å². The predicted molar refractivity (Wildman–Crippen MR) is 129 cm³/mol. The van der Waals surface area contributed by atoms with Crippen LogP contribution < -0.4 is 11.5 Å². The molecule has 2 rings (SSSR count). The van der Waals surface area contributed by atoms with Gasteiger partial charge in [0, 0.05) is 11.4 Å². The number of benzene rings is 2. The van der Waals surface area contributed by atoms with E-state index >= 15 is 0 Å². The molecule has 9 nitrogen and oxygen atoms in total. The third-order valence-electron chi connectivity index (χ3n) is 3.91. The van der Waals surface area contributed by atoms with Crippen molar-refractivity contribution >= 4 is 48.1 Å². The second-order valence-electron chi connectivity index (χ2n) is 6.36. The first-order valence-corrected chi connectivity index (χ1v) is 9.85. The topological polar surface area (TPSA) is 132 Å². The Morgan fingerprint density at radius 1 is 0.576 bits per heavy atom. The molecular weight excluding hydrogens is 475 g/mol. The molecule has 0 bridgehead atoms. The lowest BCUT2D eigenvalue weighted by Gasteiger charge is -2.08. The van der Waals surface area contributed by atoms with Crippen LogP contribution in [0.4, 0.5) is 11.4 Å². The number of carbonyl (C=O) groups excluding carboxylic acids is 2. The second-order valence-corrected chi connectivity index (χ2v) is 6.36. The molecule has 0 aliphatic carbocycles. The minimum atomic E-state index is -0.442. The first kappa shape index (κ1) is 30.4. The molecular formula is C22H30Cl2N2O7. The highest BCUT2D eigenvalue weighted by Gasteiger charge is 2.07. The molecule has 0 atom stereocenters. The summed E-state index contributed by atoms with van der Waals surface area (Å²) >= 11 is 0. The van der Waals surface area contributed by atoms with Crippen molar-refractivity contribution in [3.8, 4) is 0 Å². The highest BCUT2D eigenvalue weighted by Crippen LogP contribution is 2.08. The Morgan fingerprint density at radius 2 is 0.909 bits per heavy atom. The van der Waals surface area contributed by atoms with Crippen molar-refractivity contribution in [3.63, 3.8) is 0 Å². The zero-order chi connectivity index (χ0) is 22.3. The van der Waals surface area contributed by atoms with Crippen LogP contribution >= 0.6 is 24.8 Å². The number of nitrogen functional groups attached to an aromatic ring is 2. The maximum atomic E-state index is 11.8. The van der Waals surface area contributed by atoms with Crippen molar-refractivity contribution in [2.45, 2.75) is 0 Å². The van der Waals surface area contributed by atoms with E-state index in [9.17, 15) is 9.59 Å². The zero-order valence-corrected chi connectivity index (χ0v) is 19.7. The Balaban J connectivity index is 0.00000512. The largest absolute Gasteiger partial charge is 0.460 e. The maximum absolute atomic E-state index is 11.8. The Morgan fingerprint density at radius 3 is 1.24 bits per heavy atom. The van der Waals surface area contributed by atoms with E-state index in [2.05, 4.69) is 0 Å². The van der Waals surface area contributed by atoms with Crippen molar-refractivity contribution < 1.29 is 33.3 Å². The van der Waals surface area contributed by atoms with Gasteiger partial charge < -0.3 is 35.2 Å². The fraction of sp³-hybridized carbons (Fsp3) is 0.364. The van der Waals surface area contributed by atoms with Gasteiger partial charge in [0.25, 0.3) is 0 Å². The third-order valence-corrected chi connectivity index (χ3v) is 3.91. The van der Waals surface area contributed by atoms with Gasteiger partial charge in [-0.05, 0) is 36.4 Å². The SMILES string of the molecule is Cl.Cl.Nc1cccc(C(=O)OCCOCCOCCOCCOC(=O)c2cccc(N)c2)c1. The average Bonchev–Trinajstić information content (AvgIpc) is 2.76. The summed E-state index contributed by atoms with van der Waals surface area (Å²) in [5.74, 6) is -0.884. The van der Waals surface area contributed by atoms with Gasteiger partial charge in [0.15, 0.2) is 0 Å². The van der Waals surface area contributed by atoms with E-state index in [1.54, 1.807) is 48.5 Å². The van der Waals surface area contributed by atoms with E-state index in [0.717, 1.165) is 0 Å². The zero-order valence-electron chi connectivity index (χ0n) is 18.1. The summed E-state index contributed by atoms with van der Waals surface area (Å²) in [6.07, 6.45) is 0. The van der Waals surface area contributed by atoms with Crippen LogP contribution in [0.1, 0.15) is 20.7 Å². The second kappa shape index (κ2) is 17.9. The first-order valence-electron chi connectivity index (χ1n) is 9.85. The van der Waals surface area contributed by atoms with E-state index in [1.165, 1.54) is 0 Å². The number of rotatable bonds is 14. The molecule has 0 amide bonds. The number of nitrogens with two attached hydrogens (primary N) is 2. The van der Waals surface area contributed by atoms with Crippen molar-refractivity contribution in [1.82, 2.24) is 0 Å². The molecule has 184 valence electrons. The smallest absolute Gasteiger partial charge is 0.338 e. The minimum absolute atomic E-state index is 0. The van der Waals surface area contributed by atoms with E-state index in [4.69, 9.17) is 35.2 Å². The molecule has 0 heterocycles. The molecule has 4 N–H and O–H groups in total. The molecule has 0 unspecified atom stereocenters. The van der Waals surface area contributed by atoms with Gasteiger partial charge in [0.1, 0.15) is 13.2 Å². The van der Waals surface area contributed by atoms with E-state index in [1.807, 2.05) is 0 Å². The molecule has 0 aliphatic rings. The highest BCUT2D eigenvalue weighted by atomic mass is 35.5. The summed E-state index contributed by atoms with van der Waals surface area (Å²) in [5.41, 5.74) is 13.1. The summed E-state index contributed by atoms with van der Waals surface area (Å²) in [6, 6.07) is 13.2. The van der Waals surface area contributed by atoms with Crippen LogP contribution in [0.3, 0.4) is 0 Å². The number of anilines is 2. The van der Waals surface area contributed by atoms with E-state index in [-0.39, 0.29) is 51.2 Å². The van der Waals surface area contributed by atoms with Gasteiger partial charge in [-0.3, -0.25) is 0 Å². The van der Waals surface area contributed by atoms with Crippen LogP contribution in [0.15, 0.2) is 48.5 Å². The molecule has 0 radical (unpaired) electrons. The number of hydrogen-bond acceptors (Lipinski definition) is 9. The number of halogens is 2. The molecule has 0 spiro atoms. The number of ether oxygens (including phenoxy) is 5. The number of hydrogen-bond donors (Lipinski definition) is 2. The van der Waals surface area contributed by atoms with Crippen LogP contribution in [0.2, 0.25) is 0 Å². The Kier molecular flexibility index (Phi) is 16.5. The summed E-state index contributed by atoms with van der Waals surface area (Å²) in [6.45, 7) is 2.34. The molecule has 0 saturated heterocycles. The van der Waals surface area contributed by atoms with Crippen LogP contribution in [-0.4, -0.2) is 64.8 Å². The van der Waals surface area contributed by atoms with Gasteiger partial charge in [0.05, 0.1) is 50.8 Å². The lowest BCUT2D eigenvalue weighted by atomic mass is 10.2. The molecule has 11 heteroatoms. The molecule has 2 aromatic carbocycles. The Hall–Kier alpha value is -2.56. The van der Waals surface area contributed by atoms with Gasteiger partial charge >= 0.3 is 11.9 Å². The molecule has 0 saturated carbocycles. The van der Waals surface area contributed by atoms with Gasteiger partial charge in [-0.1, -0.05) is 12.1 Å². The van der Waals surface area contributed by atoms with Crippen LogP contribution in [-0.2, 0) is 23.7 Å². The lowest BCUT2D eigenvalue weighted by molar-refractivity contribution is -0.00674. The standard InChI is InChI=1S/C22H28N2O7.2ClH/c23-19-5-1-3-17(15-19)21(25)30-13-11-28-9-7-27-8-10-29-12-14-31-22(26)18-4-2-6-20(24)16-18;;/h1-6,15-16H,7-14,23-24H2;2*1H. The molecule has 0 fully saturated rings. The van der Waals surface area contributed by atoms with Crippen molar-refractivity contribution in [1.29, 1.82) is 0 Å². The summed E-state index contributed by atoms with van der Waals surface area (Å²) in [7, 11) is 0. The summed E-state index contributed by atoms with van der Waals surface area (Å²) in [5, 5.41) is 0. The quantitative estimate of drug-likeness (QED) is 0.226. The fourth-order valence-electron chi connectivity index (χ4n) is 2.43. The normalized spacial score (nSPS) is 9.94. The molecule has 33 heavy (non-hydrogen) atoms. The van der Waals surface area contributed by atoms with Crippen molar-refractivity contribution in [3.05, 3.63) is 59.7 Å². The number of carbonyl (C=O) groups is 2. The van der Waals surface area contributed by atoms with Crippen molar-refractivity contribution in [2.75, 3.05) is 64.3 Å². The maximum Gasteiger partial charge on any atom is 0.338 e. The lowest BCUT2D eigenvalue weighted by Crippen LogP contribution is -2.15. The summed E-state index contributed by atoms with van der Waals surface area (Å²) in [4.78, 5) is 23.6. The minimum Gasteiger partial charge on any atom is -0.460 e. The van der Waals surface area contributed by atoms with Crippen LogP contribution in [0, 0.1) is 0 Å². The predicted octanol–water partition coefficient (Wildman–Crippen LogP) is 2.76. The van der Waals surface area contributed by atoms with E-state index < -0.39 is 11.9 Å². The third kappa shape index (κ3) is 12.9.